The van der Waals surface area contributed by atoms with Gasteiger partial charge in [-0.1, -0.05) is 27.2 Å². The standard InChI is InChI=1S/C16H24O3/c1-5-8-14-15(19-12(6-2)7-3)10-9-13(11(4)17)16(14)18/h9-10,12,18H,5-8H2,1-4H3. The smallest absolute Gasteiger partial charge is 0.163 e. The Bertz CT molecular complexity index is 434. The summed E-state index contributed by atoms with van der Waals surface area (Å²) in [6.07, 6.45) is 3.61. The van der Waals surface area contributed by atoms with E-state index >= 15 is 0 Å². The van der Waals surface area contributed by atoms with Crippen molar-refractivity contribution in [1.82, 2.24) is 0 Å². The number of hydrogen-bond donors (Lipinski definition) is 1. The van der Waals surface area contributed by atoms with Crippen molar-refractivity contribution in [2.24, 2.45) is 0 Å². The lowest BCUT2D eigenvalue weighted by Gasteiger charge is -2.20. The van der Waals surface area contributed by atoms with Gasteiger partial charge in [0.2, 0.25) is 0 Å². The zero-order chi connectivity index (χ0) is 14.4. The molecule has 0 amide bonds. The van der Waals surface area contributed by atoms with E-state index in [0.717, 1.165) is 24.8 Å². The van der Waals surface area contributed by atoms with Crippen molar-refractivity contribution >= 4 is 5.78 Å². The molecule has 1 N–H and O–H groups in total. The van der Waals surface area contributed by atoms with Crippen molar-refractivity contribution in [3.05, 3.63) is 23.3 Å². The first-order valence-corrected chi connectivity index (χ1v) is 7.07. The van der Waals surface area contributed by atoms with E-state index in [2.05, 4.69) is 13.8 Å². The highest BCUT2D eigenvalue weighted by atomic mass is 16.5. The molecule has 3 nitrogen and oxygen atoms in total. The van der Waals surface area contributed by atoms with Gasteiger partial charge in [0.1, 0.15) is 11.5 Å². The predicted molar refractivity (Wildman–Crippen MR) is 77.1 cm³/mol. The quantitative estimate of drug-likeness (QED) is 0.754. The van der Waals surface area contributed by atoms with Crippen LogP contribution in [0.1, 0.15) is 62.9 Å². The van der Waals surface area contributed by atoms with Gasteiger partial charge in [0.25, 0.3) is 0 Å². The number of carbonyl (C=O) groups is 1. The zero-order valence-electron chi connectivity index (χ0n) is 12.3. The molecule has 1 aromatic carbocycles. The topological polar surface area (TPSA) is 46.5 Å². The van der Waals surface area contributed by atoms with Crippen LogP contribution in [0.4, 0.5) is 0 Å². The molecule has 0 radical (unpaired) electrons. The van der Waals surface area contributed by atoms with E-state index in [-0.39, 0.29) is 17.6 Å². The number of aromatic hydroxyl groups is 1. The Labute approximate surface area is 115 Å². The molecule has 0 aliphatic heterocycles. The Morgan fingerprint density at radius 3 is 2.37 bits per heavy atom. The Kier molecular flexibility index (Phi) is 5.87. The molecule has 0 saturated heterocycles. The van der Waals surface area contributed by atoms with E-state index in [9.17, 15) is 9.90 Å². The van der Waals surface area contributed by atoms with Crippen LogP contribution in [-0.4, -0.2) is 17.0 Å². The van der Waals surface area contributed by atoms with Crippen molar-refractivity contribution in [3.8, 4) is 11.5 Å². The van der Waals surface area contributed by atoms with E-state index in [1.54, 1.807) is 12.1 Å². The lowest BCUT2D eigenvalue weighted by atomic mass is 10.0. The van der Waals surface area contributed by atoms with Gasteiger partial charge in [0, 0.05) is 5.56 Å². The Hall–Kier alpha value is -1.51. The minimum Gasteiger partial charge on any atom is -0.507 e. The minimum absolute atomic E-state index is 0.0813. The van der Waals surface area contributed by atoms with E-state index in [0.29, 0.717) is 17.7 Å². The van der Waals surface area contributed by atoms with Crippen molar-refractivity contribution in [2.45, 2.75) is 59.5 Å². The molecule has 0 unspecified atom stereocenters. The molecule has 3 heteroatoms. The molecule has 0 aromatic heterocycles. The maximum atomic E-state index is 11.5. The number of benzene rings is 1. The average Bonchev–Trinajstić information content (AvgIpc) is 2.39. The Morgan fingerprint density at radius 2 is 1.89 bits per heavy atom. The molecular weight excluding hydrogens is 240 g/mol. The lowest BCUT2D eigenvalue weighted by Crippen LogP contribution is -2.15. The molecule has 106 valence electrons. The Balaban J connectivity index is 3.17. The number of Topliss-reactive ketones (excluding diaryl/α,β-unsaturated/α-hetero) is 1. The van der Waals surface area contributed by atoms with Crippen molar-refractivity contribution in [2.75, 3.05) is 0 Å². The molecule has 0 bridgehead atoms. The second-order valence-corrected chi connectivity index (χ2v) is 4.80. The molecular formula is C16H24O3. The highest BCUT2D eigenvalue weighted by Gasteiger charge is 2.17. The summed E-state index contributed by atoms with van der Waals surface area (Å²) < 4.78 is 5.94. The normalized spacial score (nSPS) is 10.8. The highest BCUT2D eigenvalue weighted by Crippen LogP contribution is 2.33. The fourth-order valence-corrected chi connectivity index (χ4v) is 2.14. The van der Waals surface area contributed by atoms with Crippen LogP contribution in [-0.2, 0) is 6.42 Å². The summed E-state index contributed by atoms with van der Waals surface area (Å²) in [5.74, 6) is 0.666. The van der Waals surface area contributed by atoms with Crippen LogP contribution in [0.15, 0.2) is 12.1 Å². The number of phenolic OH excluding ortho intramolecular Hbond substituents is 1. The second kappa shape index (κ2) is 7.17. The van der Waals surface area contributed by atoms with Gasteiger partial charge in [-0.2, -0.15) is 0 Å². The molecule has 0 saturated carbocycles. The third kappa shape index (κ3) is 3.72. The number of carbonyl (C=O) groups excluding carboxylic acids is 1. The fourth-order valence-electron chi connectivity index (χ4n) is 2.14. The van der Waals surface area contributed by atoms with E-state index in [1.807, 2.05) is 6.92 Å². The summed E-state index contributed by atoms with van der Waals surface area (Å²) in [4.78, 5) is 11.5. The monoisotopic (exact) mass is 264 g/mol. The van der Waals surface area contributed by atoms with Crippen molar-refractivity contribution in [1.29, 1.82) is 0 Å². The van der Waals surface area contributed by atoms with Crippen LogP contribution in [0.2, 0.25) is 0 Å². The number of phenols is 1. The van der Waals surface area contributed by atoms with E-state index in [4.69, 9.17) is 4.74 Å². The first-order chi connectivity index (χ1) is 9.04. The van der Waals surface area contributed by atoms with Gasteiger partial charge in [-0.15, -0.1) is 0 Å². The van der Waals surface area contributed by atoms with Gasteiger partial charge in [-0.05, 0) is 38.3 Å². The predicted octanol–water partition coefficient (Wildman–Crippen LogP) is 4.11. The third-order valence-electron chi connectivity index (χ3n) is 3.32. The van der Waals surface area contributed by atoms with Crippen LogP contribution in [0.25, 0.3) is 0 Å². The van der Waals surface area contributed by atoms with Gasteiger partial charge in [-0.3, -0.25) is 4.79 Å². The number of ketones is 1. The summed E-state index contributed by atoms with van der Waals surface area (Å²) in [6, 6.07) is 3.45. The third-order valence-corrected chi connectivity index (χ3v) is 3.32. The summed E-state index contributed by atoms with van der Waals surface area (Å²) in [5, 5.41) is 10.2. The lowest BCUT2D eigenvalue weighted by molar-refractivity contribution is 0.101. The SMILES string of the molecule is CCCc1c(OC(CC)CC)ccc(C(C)=O)c1O. The van der Waals surface area contributed by atoms with Gasteiger partial charge in [0.15, 0.2) is 5.78 Å². The number of ether oxygens (including phenoxy) is 1. The molecule has 1 aromatic rings. The molecule has 0 aliphatic carbocycles. The largest absolute Gasteiger partial charge is 0.507 e. The summed E-state index contributed by atoms with van der Waals surface area (Å²) in [5.41, 5.74) is 1.13. The fraction of sp³-hybridized carbons (Fsp3) is 0.562. The van der Waals surface area contributed by atoms with Gasteiger partial charge in [-0.25, -0.2) is 0 Å². The van der Waals surface area contributed by atoms with Crippen LogP contribution < -0.4 is 4.74 Å². The summed E-state index contributed by atoms with van der Waals surface area (Å²) in [7, 11) is 0. The minimum atomic E-state index is -0.121. The molecule has 0 atom stereocenters. The molecule has 0 fully saturated rings. The van der Waals surface area contributed by atoms with Gasteiger partial charge in [0.05, 0.1) is 11.7 Å². The molecule has 0 heterocycles. The van der Waals surface area contributed by atoms with Crippen LogP contribution in [0.5, 0.6) is 11.5 Å². The van der Waals surface area contributed by atoms with Crippen molar-refractivity contribution in [3.63, 3.8) is 0 Å². The molecule has 19 heavy (non-hydrogen) atoms. The second-order valence-electron chi connectivity index (χ2n) is 4.80. The number of rotatable bonds is 7. The Morgan fingerprint density at radius 1 is 1.26 bits per heavy atom. The van der Waals surface area contributed by atoms with Crippen LogP contribution in [0, 0.1) is 0 Å². The maximum absolute atomic E-state index is 11.5. The molecule has 1 rings (SSSR count). The van der Waals surface area contributed by atoms with Crippen molar-refractivity contribution < 1.29 is 14.6 Å². The van der Waals surface area contributed by atoms with Crippen LogP contribution >= 0.6 is 0 Å². The first kappa shape index (κ1) is 15.5. The zero-order valence-corrected chi connectivity index (χ0v) is 12.3. The summed E-state index contributed by atoms with van der Waals surface area (Å²) in [6.45, 7) is 7.67. The van der Waals surface area contributed by atoms with Gasteiger partial charge < -0.3 is 9.84 Å². The maximum Gasteiger partial charge on any atom is 0.163 e. The highest BCUT2D eigenvalue weighted by molar-refractivity contribution is 5.97. The van der Waals surface area contributed by atoms with Crippen LogP contribution in [0.3, 0.4) is 0 Å². The van der Waals surface area contributed by atoms with E-state index < -0.39 is 0 Å². The summed E-state index contributed by atoms with van der Waals surface area (Å²) >= 11 is 0. The first-order valence-electron chi connectivity index (χ1n) is 7.07. The van der Waals surface area contributed by atoms with E-state index in [1.165, 1.54) is 6.92 Å². The van der Waals surface area contributed by atoms with Gasteiger partial charge >= 0.3 is 0 Å². The average molecular weight is 264 g/mol. The molecule has 0 aliphatic rings. The number of hydrogen-bond acceptors (Lipinski definition) is 3. The molecule has 0 spiro atoms.